The van der Waals surface area contributed by atoms with E-state index in [9.17, 15) is 9.59 Å². The lowest BCUT2D eigenvalue weighted by Crippen LogP contribution is -2.26. The number of hydrogen-bond donors (Lipinski definition) is 1. The third-order valence-corrected chi connectivity index (χ3v) is 3.45. The first kappa shape index (κ1) is 16.0. The van der Waals surface area contributed by atoms with Crippen molar-refractivity contribution in [3.63, 3.8) is 0 Å². The van der Waals surface area contributed by atoms with Crippen molar-refractivity contribution in [1.82, 2.24) is 15.1 Å². The third-order valence-electron chi connectivity index (χ3n) is 2.72. The summed E-state index contributed by atoms with van der Waals surface area (Å²) in [5.41, 5.74) is 1.62. The molecule has 1 N–H and O–H groups in total. The van der Waals surface area contributed by atoms with Crippen LogP contribution in [-0.4, -0.2) is 27.5 Å². The van der Waals surface area contributed by atoms with Crippen LogP contribution in [-0.2, 0) is 16.1 Å². The summed E-state index contributed by atoms with van der Waals surface area (Å²) in [4.78, 5) is 22.1. The van der Waals surface area contributed by atoms with Gasteiger partial charge in [-0.15, -0.1) is 0 Å². The van der Waals surface area contributed by atoms with Gasteiger partial charge in [-0.2, -0.15) is 5.10 Å². The molecule has 0 fully saturated rings. The fourth-order valence-electron chi connectivity index (χ4n) is 1.64. The largest absolute Gasteiger partial charge is 0.356 e. The molecule has 0 aliphatic rings. The molecule has 0 spiro atoms. The first-order chi connectivity index (χ1) is 8.91. The van der Waals surface area contributed by atoms with Crippen molar-refractivity contribution >= 4 is 34.4 Å². The number of rotatable bonds is 7. The molecule has 0 unspecified atom stereocenters. The summed E-state index contributed by atoms with van der Waals surface area (Å²) in [7, 11) is 0. The zero-order valence-corrected chi connectivity index (χ0v) is 12.5. The van der Waals surface area contributed by atoms with Crippen LogP contribution in [0.3, 0.4) is 0 Å². The molecule has 0 radical (unpaired) electrons. The van der Waals surface area contributed by atoms with Crippen LogP contribution in [0, 0.1) is 13.8 Å². The van der Waals surface area contributed by atoms with E-state index in [0.717, 1.165) is 11.4 Å². The van der Waals surface area contributed by atoms with Crippen molar-refractivity contribution in [3.8, 4) is 0 Å². The molecule has 0 saturated heterocycles. The second kappa shape index (κ2) is 7.50. The van der Waals surface area contributed by atoms with Crippen molar-refractivity contribution in [2.75, 3.05) is 6.54 Å². The zero-order valence-electron chi connectivity index (χ0n) is 11.0. The second-order valence-corrected chi connectivity index (χ2v) is 5.07. The van der Waals surface area contributed by atoms with Crippen molar-refractivity contribution < 1.29 is 9.59 Å². The predicted octanol–water partition coefficient (Wildman–Crippen LogP) is 2.21. The summed E-state index contributed by atoms with van der Waals surface area (Å²) in [6.45, 7) is 4.64. The van der Waals surface area contributed by atoms with E-state index in [0.29, 0.717) is 31.0 Å². The van der Waals surface area contributed by atoms with Gasteiger partial charge in [0.25, 0.3) is 0 Å². The van der Waals surface area contributed by atoms with Crippen LogP contribution in [0.15, 0.2) is 0 Å². The first-order valence-corrected chi connectivity index (χ1v) is 6.82. The molecule has 106 valence electrons. The monoisotopic (exact) mass is 305 g/mol. The third kappa shape index (κ3) is 5.20. The lowest BCUT2D eigenvalue weighted by atomic mass is 10.3. The minimum atomic E-state index is -0.383. The van der Waals surface area contributed by atoms with Crippen molar-refractivity contribution in [1.29, 1.82) is 0 Å². The Morgan fingerprint density at radius 2 is 2.00 bits per heavy atom. The number of carbonyl (C=O) groups excluding carboxylic acids is 2. The van der Waals surface area contributed by atoms with Crippen molar-refractivity contribution in [2.24, 2.45) is 0 Å². The van der Waals surface area contributed by atoms with Crippen LogP contribution in [0.25, 0.3) is 0 Å². The quantitative estimate of drug-likeness (QED) is 0.620. The molecule has 0 saturated carbocycles. The molecule has 0 aliphatic carbocycles. The number of amides is 1. The minimum absolute atomic E-state index is 0.0781. The smallest absolute Gasteiger partial charge is 0.221 e. The SMILES string of the molecule is Cc1nn(CCC(=O)NCCCC(=O)Cl)c(C)c1Cl. The van der Waals surface area contributed by atoms with Crippen LogP contribution in [0.4, 0.5) is 0 Å². The molecule has 1 aromatic rings. The molecular formula is C12H17Cl2N3O2. The maximum atomic E-state index is 11.6. The lowest BCUT2D eigenvalue weighted by molar-refractivity contribution is -0.121. The summed E-state index contributed by atoms with van der Waals surface area (Å²) in [5, 5.41) is 7.23. The van der Waals surface area contributed by atoms with E-state index in [1.54, 1.807) is 4.68 Å². The molecule has 1 amide bonds. The number of hydrogen-bond acceptors (Lipinski definition) is 3. The average molecular weight is 306 g/mol. The molecule has 7 heteroatoms. The summed E-state index contributed by atoms with van der Waals surface area (Å²) >= 11 is 11.2. The molecule has 19 heavy (non-hydrogen) atoms. The van der Waals surface area contributed by atoms with E-state index < -0.39 is 0 Å². The fourth-order valence-corrected chi connectivity index (χ4v) is 1.91. The molecular weight excluding hydrogens is 289 g/mol. The van der Waals surface area contributed by atoms with E-state index >= 15 is 0 Å². The topological polar surface area (TPSA) is 64.0 Å². The van der Waals surface area contributed by atoms with Gasteiger partial charge in [-0.1, -0.05) is 11.6 Å². The van der Waals surface area contributed by atoms with Gasteiger partial charge in [-0.05, 0) is 31.9 Å². The Labute approximate surface area is 122 Å². The number of aryl methyl sites for hydroxylation is 2. The Morgan fingerprint density at radius 3 is 2.53 bits per heavy atom. The van der Waals surface area contributed by atoms with Gasteiger partial charge >= 0.3 is 0 Å². The van der Waals surface area contributed by atoms with Crippen LogP contribution in [0.1, 0.15) is 30.7 Å². The maximum Gasteiger partial charge on any atom is 0.221 e. The van der Waals surface area contributed by atoms with Gasteiger partial charge in [0, 0.05) is 19.4 Å². The van der Waals surface area contributed by atoms with Crippen LogP contribution in [0.2, 0.25) is 5.02 Å². The molecule has 0 aliphatic heterocycles. The van der Waals surface area contributed by atoms with Crippen LogP contribution >= 0.6 is 23.2 Å². The highest BCUT2D eigenvalue weighted by atomic mass is 35.5. The Kier molecular flexibility index (Phi) is 6.31. The molecule has 5 nitrogen and oxygen atoms in total. The summed E-state index contributed by atoms with van der Waals surface area (Å²) < 4.78 is 1.72. The zero-order chi connectivity index (χ0) is 14.4. The molecule has 1 rings (SSSR count). The Hall–Kier alpha value is -1.07. The average Bonchev–Trinajstić information content (AvgIpc) is 2.59. The summed E-state index contributed by atoms with van der Waals surface area (Å²) in [5.74, 6) is -0.0781. The number of aromatic nitrogens is 2. The second-order valence-electron chi connectivity index (χ2n) is 4.27. The van der Waals surface area contributed by atoms with Gasteiger partial charge in [0.15, 0.2) is 0 Å². The highest BCUT2D eigenvalue weighted by molar-refractivity contribution is 6.63. The minimum Gasteiger partial charge on any atom is -0.356 e. The van der Waals surface area contributed by atoms with Gasteiger partial charge < -0.3 is 5.32 Å². The maximum absolute atomic E-state index is 11.6. The molecule has 1 heterocycles. The van der Waals surface area contributed by atoms with E-state index in [1.807, 2.05) is 13.8 Å². The van der Waals surface area contributed by atoms with Crippen molar-refractivity contribution in [2.45, 2.75) is 39.7 Å². The number of nitrogens with one attached hydrogen (secondary N) is 1. The van der Waals surface area contributed by atoms with E-state index in [1.165, 1.54) is 0 Å². The predicted molar refractivity (Wildman–Crippen MR) is 74.4 cm³/mol. The highest BCUT2D eigenvalue weighted by Crippen LogP contribution is 2.18. The normalized spacial score (nSPS) is 10.5. The lowest BCUT2D eigenvalue weighted by Gasteiger charge is -2.06. The molecule has 1 aromatic heterocycles. The number of halogens is 2. The molecule has 0 atom stereocenters. The number of nitrogens with zero attached hydrogens (tertiary/aromatic N) is 2. The van der Waals surface area contributed by atoms with Crippen LogP contribution < -0.4 is 5.32 Å². The van der Waals surface area contributed by atoms with E-state index in [2.05, 4.69) is 10.4 Å². The Morgan fingerprint density at radius 1 is 1.32 bits per heavy atom. The first-order valence-electron chi connectivity index (χ1n) is 6.06. The van der Waals surface area contributed by atoms with Gasteiger partial charge in [-0.3, -0.25) is 14.3 Å². The Balaban J connectivity index is 2.30. The Bertz CT molecular complexity index is 472. The molecule has 0 aromatic carbocycles. The molecule has 0 bridgehead atoms. The van der Waals surface area contributed by atoms with Gasteiger partial charge in [0.1, 0.15) is 0 Å². The summed E-state index contributed by atoms with van der Waals surface area (Å²) in [6, 6.07) is 0. The van der Waals surface area contributed by atoms with Crippen LogP contribution in [0.5, 0.6) is 0 Å². The highest BCUT2D eigenvalue weighted by Gasteiger charge is 2.10. The van der Waals surface area contributed by atoms with E-state index in [4.69, 9.17) is 23.2 Å². The number of carbonyl (C=O) groups is 2. The van der Waals surface area contributed by atoms with Gasteiger partial charge in [-0.25, -0.2) is 0 Å². The van der Waals surface area contributed by atoms with Gasteiger partial charge in [0.05, 0.1) is 23.0 Å². The van der Waals surface area contributed by atoms with Gasteiger partial charge in [0.2, 0.25) is 11.1 Å². The fraction of sp³-hybridized carbons (Fsp3) is 0.583. The van der Waals surface area contributed by atoms with E-state index in [-0.39, 0.29) is 17.6 Å². The standard InChI is InChI=1S/C12H17Cl2N3O2/c1-8-12(14)9(2)17(16-8)7-5-11(19)15-6-3-4-10(13)18/h3-7H2,1-2H3,(H,15,19). The summed E-state index contributed by atoms with van der Waals surface area (Å²) in [6.07, 6.45) is 1.15. The van der Waals surface area contributed by atoms with Crippen molar-refractivity contribution in [3.05, 3.63) is 16.4 Å².